The van der Waals surface area contributed by atoms with Crippen molar-refractivity contribution in [2.75, 3.05) is 11.4 Å². The van der Waals surface area contributed by atoms with Gasteiger partial charge in [0.05, 0.1) is 16.2 Å². The van der Waals surface area contributed by atoms with Crippen molar-refractivity contribution >= 4 is 46.9 Å². The number of anilines is 1. The second-order valence-electron chi connectivity index (χ2n) is 7.46. The zero-order chi connectivity index (χ0) is 24.3. The van der Waals surface area contributed by atoms with Crippen LogP contribution in [0.5, 0.6) is 0 Å². The van der Waals surface area contributed by atoms with Crippen LogP contribution in [0.1, 0.15) is 16.7 Å². The molecular weight excluding hydrogens is 485 g/mol. The average molecular weight is 503 g/mol. The first-order valence-corrected chi connectivity index (χ1v) is 11.4. The molecule has 4 nitrogen and oxygen atoms in total. The molecule has 1 aliphatic rings. The number of alkyl halides is 3. The molecule has 2 amide bonds. The van der Waals surface area contributed by atoms with Crippen molar-refractivity contribution in [1.29, 1.82) is 0 Å². The Hall–Kier alpha value is -3.23. The lowest BCUT2D eigenvalue weighted by atomic mass is 10.1. The Labute approximate surface area is 203 Å². The summed E-state index contributed by atoms with van der Waals surface area (Å²) in [5, 5.41) is 3.30. The maximum atomic E-state index is 13.2. The largest absolute Gasteiger partial charge is 0.416 e. The number of nitrogens with zero attached hydrogens (tertiary/aromatic N) is 1. The molecule has 3 aromatic rings. The summed E-state index contributed by atoms with van der Waals surface area (Å²) in [6.45, 7) is -0.00358. The van der Waals surface area contributed by atoms with E-state index in [9.17, 15) is 22.8 Å². The van der Waals surface area contributed by atoms with Gasteiger partial charge in [0.15, 0.2) is 0 Å². The number of nitrogens with one attached hydrogen (secondary N) is 1. The van der Waals surface area contributed by atoms with E-state index in [0.29, 0.717) is 21.2 Å². The second kappa shape index (κ2) is 9.95. The van der Waals surface area contributed by atoms with Crippen LogP contribution in [-0.4, -0.2) is 18.4 Å². The highest BCUT2D eigenvalue weighted by molar-refractivity contribution is 8.04. The molecule has 0 aromatic heterocycles. The van der Waals surface area contributed by atoms with Crippen LogP contribution in [0.25, 0.3) is 6.08 Å². The summed E-state index contributed by atoms with van der Waals surface area (Å²) in [7, 11) is 0. The molecule has 0 atom stereocenters. The van der Waals surface area contributed by atoms with Crippen molar-refractivity contribution in [2.24, 2.45) is 0 Å². The van der Waals surface area contributed by atoms with E-state index in [1.807, 2.05) is 18.2 Å². The Balaban J connectivity index is 1.55. The van der Waals surface area contributed by atoms with Crippen LogP contribution in [0.2, 0.25) is 5.02 Å². The van der Waals surface area contributed by atoms with Gasteiger partial charge < -0.3 is 5.32 Å². The molecule has 0 bridgehead atoms. The van der Waals surface area contributed by atoms with E-state index in [1.165, 1.54) is 34.9 Å². The van der Waals surface area contributed by atoms with Crippen molar-refractivity contribution in [1.82, 2.24) is 5.32 Å². The molecule has 9 heteroatoms. The predicted octanol–water partition coefficient (Wildman–Crippen LogP) is 6.16. The van der Waals surface area contributed by atoms with E-state index < -0.39 is 17.6 Å². The van der Waals surface area contributed by atoms with Crippen LogP contribution >= 0.6 is 23.4 Å². The zero-order valence-electron chi connectivity index (χ0n) is 17.6. The van der Waals surface area contributed by atoms with Crippen molar-refractivity contribution in [3.8, 4) is 0 Å². The molecule has 34 heavy (non-hydrogen) atoms. The van der Waals surface area contributed by atoms with Crippen LogP contribution in [-0.2, 0) is 22.3 Å². The van der Waals surface area contributed by atoms with E-state index in [-0.39, 0.29) is 19.0 Å². The molecule has 1 heterocycles. The first-order valence-electron chi connectivity index (χ1n) is 10.2. The van der Waals surface area contributed by atoms with Gasteiger partial charge in [0, 0.05) is 16.5 Å². The van der Waals surface area contributed by atoms with Crippen LogP contribution in [0.4, 0.5) is 18.9 Å². The fraction of sp³-hybridized carbons (Fsp3) is 0.120. The summed E-state index contributed by atoms with van der Waals surface area (Å²) < 4.78 is 38.5. The molecule has 4 rings (SSSR count). The number of carbonyl (C=O) groups is 2. The summed E-state index contributed by atoms with van der Waals surface area (Å²) in [4.78, 5) is 28.3. The quantitative estimate of drug-likeness (QED) is 0.425. The molecular formula is C25H18ClF3N2O2S. The van der Waals surface area contributed by atoms with Gasteiger partial charge in [0.2, 0.25) is 5.91 Å². The minimum Gasteiger partial charge on any atom is -0.350 e. The molecule has 0 saturated heterocycles. The summed E-state index contributed by atoms with van der Waals surface area (Å²) in [5.74, 6) is -0.777. The Kier molecular flexibility index (Phi) is 7.00. The van der Waals surface area contributed by atoms with E-state index in [0.717, 1.165) is 22.6 Å². The molecule has 174 valence electrons. The number of halogens is 4. The van der Waals surface area contributed by atoms with Gasteiger partial charge in [0.25, 0.3) is 5.91 Å². The normalized spacial score (nSPS) is 14.8. The Morgan fingerprint density at radius 1 is 1.00 bits per heavy atom. The average Bonchev–Trinajstić information content (AvgIpc) is 2.81. The number of rotatable bonds is 5. The number of thioether (sulfide) groups is 1. The molecule has 0 fully saturated rings. The summed E-state index contributed by atoms with van der Waals surface area (Å²) in [5.41, 5.74) is 1.03. The molecule has 1 N–H and O–H groups in total. The van der Waals surface area contributed by atoms with Crippen LogP contribution in [0, 0.1) is 0 Å². The van der Waals surface area contributed by atoms with Gasteiger partial charge in [-0.05, 0) is 47.5 Å². The smallest absolute Gasteiger partial charge is 0.350 e. The highest BCUT2D eigenvalue weighted by Crippen LogP contribution is 2.42. The highest BCUT2D eigenvalue weighted by Gasteiger charge is 2.31. The molecule has 0 aliphatic carbocycles. The Morgan fingerprint density at radius 2 is 1.68 bits per heavy atom. The van der Waals surface area contributed by atoms with E-state index >= 15 is 0 Å². The first-order chi connectivity index (χ1) is 16.2. The van der Waals surface area contributed by atoms with Crippen molar-refractivity contribution in [2.45, 2.75) is 17.6 Å². The van der Waals surface area contributed by atoms with Gasteiger partial charge in [-0.3, -0.25) is 14.5 Å². The molecule has 0 spiro atoms. The van der Waals surface area contributed by atoms with Gasteiger partial charge in [-0.25, -0.2) is 0 Å². The minimum absolute atomic E-state index is 0.213. The second-order valence-corrected chi connectivity index (χ2v) is 8.95. The van der Waals surface area contributed by atoms with Crippen LogP contribution in [0.3, 0.4) is 0 Å². The third kappa shape index (κ3) is 5.46. The third-order valence-electron chi connectivity index (χ3n) is 5.10. The van der Waals surface area contributed by atoms with Gasteiger partial charge in [-0.15, -0.1) is 0 Å². The fourth-order valence-corrected chi connectivity index (χ4v) is 4.64. The molecule has 1 aliphatic heterocycles. The number of fused-ring (bicyclic) bond motifs is 1. The maximum absolute atomic E-state index is 13.2. The third-order valence-corrected chi connectivity index (χ3v) is 6.55. The lowest BCUT2D eigenvalue weighted by Gasteiger charge is -2.29. The number of benzene rings is 3. The summed E-state index contributed by atoms with van der Waals surface area (Å²) >= 11 is 7.34. The Morgan fingerprint density at radius 3 is 2.38 bits per heavy atom. The van der Waals surface area contributed by atoms with Crippen molar-refractivity contribution in [3.63, 3.8) is 0 Å². The lowest BCUT2D eigenvalue weighted by molar-refractivity contribution is -0.137. The molecule has 0 saturated carbocycles. The standard InChI is InChI=1S/C25H18ClF3N2O2S/c26-19-6-2-1-5-17(19)14-30-23(32)15-31-20-7-3-4-8-21(20)34-22(24(31)33)13-16-9-11-18(12-10-16)25(27,28)29/h1-13H,14-15H2,(H,30,32). The highest BCUT2D eigenvalue weighted by atomic mass is 35.5. The number of hydrogen-bond acceptors (Lipinski definition) is 3. The van der Waals surface area contributed by atoms with E-state index in [2.05, 4.69) is 5.32 Å². The predicted molar refractivity (Wildman–Crippen MR) is 127 cm³/mol. The summed E-state index contributed by atoms with van der Waals surface area (Å²) in [6, 6.07) is 18.8. The summed E-state index contributed by atoms with van der Waals surface area (Å²) in [6.07, 6.45) is -2.91. The minimum atomic E-state index is -4.44. The zero-order valence-corrected chi connectivity index (χ0v) is 19.2. The maximum Gasteiger partial charge on any atom is 0.416 e. The molecule has 3 aromatic carbocycles. The topological polar surface area (TPSA) is 49.4 Å². The monoisotopic (exact) mass is 502 g/mol. The van der Waals surface area contributed by atoms with E-state index in [4.69, 9.17) is 11.6 Å². The molecule has 0 unspecified atom stereocenters. The first kappa shape index (κ1) is 23.9. The van der Waals surface area contributed by atoms with Gasteiger partial charge in [0.1, 0.15) is 6.54 Å². The number of amides is 2. The fourth-order valence-electron chi connectivity index (χ4n) is 3.37. The van der Waals surface area contributed by atoms with Gasteiger partial charge in [-0.2, -0.15) is 13.2 Å². The van der Waals surface area contributed by atoms with E-state index in [1.54, 1.807) is 30.3 Å². The SMILES string of the molecule is O=C(CN1C(=O)C(=Cc2ccc(C(F)(F)F)cc2)Sc2ccccc21)NCc1ccccc1Cl. The van der Waals surface area contributed by atoms with Crippen LogP contribution in [0.15, 0.2) is 82.6 Å². The molecule has 0 radical (unpaired) electrons. The van der Waals surface area contributed by atoms with Crippen LogP contribution < -0.4 is 10.2 Å². The number of hydrogen-bond donors (Lipinski definition) is 1. The number of carbonyl (C=O) groups excluding carboxylic acids is 2. The Bertz CT molecular complexity index is 1260. The van der Waals surface area contributed by atoms with Crippen molar-refractivity contribution < 1.29 is 22.8 Å². The van der Waals surface area contributed by atoms with Crippen molar-refractivity contribution in [3.05, 3.63) is 99.4 Å². The van der Waals surface area contributed by atoms with Gasteiger partial charge >= 0.3 is 6.18 Å². The van der Waals surface area contributed by atoms with Gasteiger partial charge in [-0.1, -0.05) is 65.8 Å². The lowest BCUT2D eigenvalue weighted by Crippen LogP contribution is -2.42. The number of para-hydroxylation sites is 1.